The molecule has 0 aromatic rings. The third-order valence-corrected chi connectivity index (χ3v) is 3.83. The number of hydrogen-bond acceptors (Lipinski definition) is 2. The summed E-state index contributed by atoms with van der Waals surface area (Å²) in [7, 11) is 1.95. The van der Waals surface area contributed by atoms with Gasteiger partial charge in [0.05, 0.1) is 0 Å². The maximum atomic E-state index is 5.73. The Balaban J connectivity index is 3.87. The van der Waals surface area contributed by atoms with Crippen LogP contribution in [0.25, 0.3) is 0 Å². The van der Waals surface area contributed by atoms with Gasteiger partial charge in [-0.05, 0) is 37.5 Å². The van der Waals surface area contributed by atoms with Crippen molar-refractivity contribution in [3.63, 3.8) is 0 Å². The first-order valence-corrected chi connectivity index (χ1v) is 6.35. The van der Waals surface area contributed by atoms with Crippen molar-refractivity contribution in [1.29, 1.82) is 0 Å². The second-order valence-corrected chi connectivity index (χ2v) is 5.45. The van der Waals surface area contributed by atoms with Crippen LogP contribution in [0.4, 0.5) is 0 Å². The van der Waals surface area contributed by atoms with Crippen LogP contribution in [0, 0.1) is 17.8 Å². The smallest absolute Gasteiger partial charge is 0.0212 e. The Bertz CT molecular complexity index is 157. The van der Waals surface area contributed by atoms with Gasteiger partial charge in [-0.2, -0.15) is 0 Å². The third kappa shape index (κ3) is 6.16. The van der Waals surface area contributed by atoms with Crippen LogP contribution in [-0.4, -0.2) is 18.1 Å². The van der Waals surface area contributed by atoms with Crippen molar-refractivity contribution in [1.82, 2.24) is 5.01 Å². The highest BCUT2D eigenvalue weighted by molar-refractivity contribution is 4.68. The summed E-state index contributed by atoms with van der Waals surface area (Å²) >= 11 is 0. The molecule has 0 bridgehead atoms. The van der Waals surface area contributed by atoms with E-state index >= 15 is 0 Å². The zero-order valence-electron chi connectivity index (χ0n) is 11.5. The standard InChI is InChI=1S/C13H30N2/c1-7-11(3)12(4)8-10(2)9-13(5)15(6)14/h10-13H,7-9,14H2,1-6H3. The predicted molar refractivity (Wildman–Crippen MR) is 68.4 cm³/mol. The first-order chi connectivity index (χ1) is 6.88. The molecule has 4 atom stereocenters. The number of nitrogens with two attached hydrogens (primary N) is 1. The molecule has 0 saturated heterocycles. The lowest BCUT2D eigenvalue weighted by atomic mass is 9.84. The minimum atomic E-state index is 0.490. The fourth-order valence-electron chi connectivity index (χ4n) is 2.11. The lowest BCUT2D eigenvalue weighted by Crippen LogP contribution is -2.36. The van der Waals surface area contributed by atoms with Crippen molar-refractivity contribution in [2.45, 2.75) is 59.9 Å². The molecule has 0 heterocycles. The summed E-state index contributed by atoms with van der Waals surface area (Å²) in [4.78, 5) is 0. The molecular formula is C13H30N2. The topological polar surface area (TPSA) is 29.3 Å². The van der Waals surface area contributed by atoms with Crippen LogP contribution in [-0.2, 0) is 0 Å². The Morgan fingerprint density at radius 1 is 1.00 bits per heavy atom. The largest absolute Gasteiger partial charge is 0.269 e. The molecule has 0 rings (SSSR count). The molecule has 0 aromatic carbocycles. The highest BCUT2D eigenvalue weighted by Gasteiger charge is 2.16. The molecule has 0 fully saturated rings. The van der Waals surface area contributed by atoms with Crippen LogP contribution in [0.1, 0.15) is 53.9 Å². The molecule has 4 unspecified atom stereocenters. The van der Waals surface area contributed by atoms with Crippen molar-refractivity contribution < 1.29 is 0 Å². The first-order valence-electron chi connectivity index (χ1n) is 6.35. The van der Waals surface area contributed by atoms with Gasteiger partial charge in [-0.15, -0.1) is 0 Å². The molecule has 15 heavy (non-hydrogen) atoms. The Morgan fingerprint density at radius 3 is 1.93 bits per heavy atom. The molecule has 2 heteroatoms. The van der Waals surface area contributed by atoms with Gasteiger partial charge in [0.25, 0.3) is 0 Å². The van der Waals surface area contributed by atoms with Gasteiger partial charge in [0, 0.05) is 13.1 Å². The summed E-state index contributed by atoms with van der Waals surface area (Å²) < 4.78 is 0. The van der Waals surface area contributed by atoms with Crippen LogP contribution >= 0.6 is 0 Å². The van der Waals surface area contributed by atoms with Crippen LogP contribution < -0.4 is 5.84 Å². The van der Waals surface area contributed by atoms with E-state index in [-0.39, 0.29) is 0 Å². The normalized spacial score (nSPS) is 20.0. The molecule has 0 aromatic heterocycles. The molecule has 2 nitrogen and oxygen atoms in total. The molecule has 0 aliphatic carbocycles. The summed E-state index contributed by atoms with van der Waals surface area (Å²) in [6.07, 6.45) is 3.82. The van der Waals surface area contributed by atoms with Gasteiger partial charge in [0.1, 0.15) is 0 Å². The quantitative estimate of drug-likeness (QED) is 0.520. The zero-order chi connectivity index (χ0) is 12.0. The van der Waals surface area contributed by atoms with Crippen molar-refractivity contribution in [3.8, 4) is 0 Å². The van der Waals surface area contributed by atoms with E-state index in [1.807, 2.05) is 12.1 Å². The molecule has 2 N–H and O–H groups in total. The summed E-state index contributed by atoms with van der Waals surface area (Å²) in [5.41, 5.74) is 0. The van der Waals surface area contributed by atoms with E-state index in [4.69, 9.17) is 5.84 Å². The molecule has 0 amide bonds. The summed E-state index contributed by atoms with van der Waals surface area (Å²) in [5.74, 6) is 8.19. The van der Waals surface area contributed by atoms with Crippen LogP contribution in [0.15, 0.2) is 0 Å². The second kappa shape index (κ2) is 7.24. The van der Waals surface area contributed by atoms with Gasteiger partial charge >= 0.3 is 0 Å². The fourth-order valence-corrected chi connectivity index (χ4v) is 2.11. The fraction of sp³-hybridized carbons (Fsp3) is 1.00. The molecule has 0 spiro atoms. The average Bonchev–Trinajstić information content (AvgIpc) is 2.15. The van der Waals surface area contributed by atoms with Gasteiger partial charge in [-0.25, -0.2) is 5.01 Å². The van der Waals surface area contributed by atoms with E-state index in [1.165, 1.54) is 19.3 Å². The zero-order valence-corrected chi connectivity index (χ0v) is 11.5. The van der Waals surface area contributed by atoms with Gasteiger partial charge in [-0.1, -0.05) is 34.1 Å². The third-order valence-electron chi connectivity index (χ3n) is 3.83. The number of nitrogens with zero attached hydrogens (tertiary/aromatic N) is 1. The van der Waals surface area contributed by atoms with Crippen molar-refractivity contribution in [3.05, 3.63) is 0 Å². The van der Waals surface area contributed by atoms with Crippen LogP contribution in [0.5, 0.6) is 0 Å². The van der Waals surface area contributed by atoms with E-state index in [9.17, 15) is 0 Å². The van der Waals surface area contributed by atoms with Gasteiger partial charge in [-0.3, -0.25) is 5.84 Å². The Morgan fingerprint density at radius 2 is 1.53 bits per heavy atom. The van der Waals surface area contributed by atoms with E-state index in [1.54, 1.807) is 0 Å². The minimum absolute atomic E-state index is 0.490. The second-order valence-electron chi connectivity index (χ2n) is 5.45. The molecular weight excluding hydrogens is 184 g/mol. The maximum Gasteiger partial charge on any atom is 0.0212 e. The summed E-state index contributed by atoms with van der Waals surface area (Å²) in [6, 6.07) is 0.490. The van der Waals surface area contributed by atoms with Gasteiger partial charge in [0.2, 0.25) is 0 Å². The van der Waals surface area contributed by atoms with E-state index in [0.717, 1.165) is 17.8 Å². The summed E-state index contributed by atoms with van der Waals surface area (Å²) in [5, 5.41) is 1.82. The van der Waals surface area contributed by atoms with Crippen LogP contribution in [0.3, 0.4) is 0 Å². The number of hydrazine groups is 1. The van der Waals surface area contributed by atoms with Crippen molar-refractivity contribution in [2.75, 3.05) is 7.05 Å². The monoisotopic (exact) mass is 214 g/mol. The highest BCUT2D eigenvalue weighted by Crippen LogP contribution is 2.25. The highest BCUT2D eigenvalue weighted by atomic mass is 15.4. The Kier molecular flexibility index (Phi) is 7.20. The van der Waals surface area contributed by atoms with E-state index in [2.05, 4.69) is 34.6 Å². The lowest BCUT2D eigenvalue weighted by molar-refractivity contribution is 0.208. The molecule has 0 radical (unpaired) electrons. The first kappa shape index (κ1) is 14.9. The Hall–Kier alpha value is -0.0800. The molecule has 0 saturated carbocycles. The van der Waals surface area contributed by atoms with Gasteiger partial charge < -0.3 is 0 Å². The number of hydrogen-bond donors (Lipinski definition) is 1. The van der Waals surface area contributed by atoms with Crippen molar-refractivity contribution in [2.24, 2.45) is 23.6 Å². The number of rotatable bonds is 7. The van der Waals surface area contributed by atoms with Crippen molar-refractivity contribution >= 4 is 0 Å². The van der Waals surface area contributed by atoms with E-state index < -0.39 is 0 Å². The lowest BCUT2D eigenvalue weighted by Gasteiger charge is -2.26. The Labute approximate surface area is 96.2 Å². The molecule has 0 aliphatic heterocycles. The van der Waals surface area contributed by atoms with Gasteiger partial charge in [0.15, 0.2) is 0 Å². The maximum absolute atomic E-state index is 5.73. The molecule has 0 aliphatic rings. The van der Waals surface area contributed by atoms with E-state index in [0.29, 0.717) is 6.04 Å². The summed E-state index contributed by atoms with van der Waals surface area (Å²) in [6.45, 7) is 11.6. The average molecular weight is 214 g/mol. The predicted octanol–water partition coefficient (Wildman–Crippen LogP) is 3.28. The minimum Gasteiger partial charge on any atom is -0.269 e. The molecule has 92 valence electrons. The SMILES string of the molecule is CCC(C)C(C)CC(C)CC(C)N(C)N. The van der Waals surface area contributed by atoms with Crippen LogP contribution in [0.2, 0.25) is 0 Å².